The lowest BCUT2D eigenvalue weighted by atomic mass is 9.98. The average Bonchev–Trinajstić information content (AvgIpc) is 2.96. The predicted molar refractivity (Wildman–Crippen MR) is 79.3 cm³/mol. The summed E-state index contributed by atoms with van der Waals surface area (Å²) >= 11 is 0. The van der Waals surface area contributed by atoms with E-state index < -0.39 is 0 Å². The topological polar surface area (TPSA) is 26.2 Å². The van der Waals surface area contributed by atoms with Gasteiger partial charge < -0.3 is 14.6 Å². The van der Waals surface area contributed by atoms with Crippen LogP contribution < -0.4 is 5.32 Å². The van der Waals surface area contributed by atoms with Crippen LogP contribution in [0, 0.1) is 5.92 Å². The molecule has 1 fully saturated rings. The second-order valence-corrected chi connectivity index (χ2v) is 6.07. The molecule has 0 radical (unpaired) electrons. The Morgan fingerprint density at radius 3 is 2.79 bits per heavy atom. The van der Waals surface area contributed by atoms with Crippen LogP contribution in [0.5, 0.6) is 0 Å². The van der Waals surface area contributed by atoms with Crippen LogP contribution in [0.1, 0.15) is 52.1 Å². The molecule has 1 aromatic rings. The quantitative estimate of drug-likeness (QED) is 0.852. The van der Waals surface area contributed by atoms with Gasteiger partial charge in [0.15, 0.2) is 0 Å². The molecular weight excluding hydrogens is 236 g/mol. The third-order valence-electron chi connectivity index (χ3n) is 3.96. The van der Waals surface area contributed by atoms with Gasteiger partial charge in [0.2, 0.25) is 0 Å². The molecule has 1 aliphatic heterocycles. The Morgan fingerprint density at radius 2 is 2.21 bits per heavy atom. The molecule has 2 heterocycles. The summed E-state index contributed by atoms with van der Waals surface area (Å²) < 4.78 is 8.18. The van der Waals surface area contributed by atoms with E-state index in [2.05, 4.69) is 56.0 Å². The number of hydrogen-bond donors (Lipinski definition) is 1. The molecule has 0 amide bonds. The fraction of sp³-hybridized carbons (Fsp3) is 0.750. The fourth-order valence-electron chi connectivity index (χ4n) is 2.97. The van der Waals surface area contributed by atoms with E-state index in [0.29, 0.717) is 24.2 Å². The van der Waals surface area contributed by atoms with Gasteiger partial charge in [-0.3, -0.25) is 0 Å². The Balaban J connectivity index is 1.97. The van der Waals surface area contributed by atoms with E-state index >= 15 is 0 Å². The van der Waals surface area contributed by atoms with Crippen molar-refractivity contribution in [3.8, 4) is 0 Å². The van der Waals surface area contributed by atoms with Crippen molar-refractivity contribution in [1.82, 2.24) is 9.88 Å². The highest BCUT2D eigenvalue weighted by Crippen LogP contribution is 2.24. The first-order chi connectivity index (χ1) is 9.10. The molecule has 0 bridgehead atoms. The minimum atomic E-state index is 0.395. The molecule has 1 saturated heterocycles. The first-order valence-corrected chi connectivity index (χ1v) is 7.64. The van der Waals surface area contributed by atoms with Gasteiger partial charge in [0, 0.05) is 25.0 Å². The van der Waals surface area contributed by atoms with Crippen molar-refractivity contribution in [1.29, 1.82) is 0 Å². The Labute approximate surface area is 117 Å². The van der Waals surface area contributed by atoms with Crippen LogP contribution in [-0.2, 0) is 11.3 Å². The summed E-state index contributed by atoms with van der Waals surface area (Å²) in [7, 11) is 0. The van der Waals surface area contributed by atoms with Gasteiger partial charge in [-0.25, -0.2) is 0 Å². The van der Waals surface area contributed by atoms with Crippen molar-refractivity contribution in [3.63, 3.8) is 0 Å². The number of rotatable bonds is 6. The van der Waals surface area contributed by atoms with E-state index in [1.165, 1.54) is 18.4 Å². The van der Waals surface area contributed by atoms with Crippen molar-refractivity contribution in [2.45, 2.75) is 65.3 Å². The molecule has 3 unspecified atom stereocenters. The normalized spacial score (nSPS) is 25.1. The van der Waals surface area contributed by atoms with Crippen LogP contribution in [0.3, 0.4) is 0 Å². The molecule has 0 aliphatic carbocycles. The van der Waals surface area contributed by atoms with Crippen LogP contribution in [0.2, 0.25) is 0 Å². The smallest absolute Gasteiger partial charge is 0.0758 e. The van der Waals surface area contributed by atoms with E-state index in [0.717, 1.165) is 13.1 Å². The standard InChI is InChI=1S/C16H28N2O/c1-5-17-16(12(2)3)14-8-9-18(10-14)11-15-7-6-13(4)19-15/h8-10,12-13,15-17H,5-7,11H2,1-4H3. The number of nitrogens with one attached hydrogen (secondary N) is 1. The Bertz CT molecular complexity index is 386. The highest BCUT2D eigenvalue weighted by atomic mass is 16.5. The molecule has 1 N–H and O–H groups in total. The van der Waals surface area contributed by atoms with Gasteiger partial charge in [-0.15, -0.1) is 0 Å². The van der Waals surface area contributed by atoms with Gasteiger partial charge >= 0.3 is 0 Å². The lowest BCUT2D eigenvalue weighted by molar-refractivity contribution is 0.0458. The first kappa shape index (κ1) is 14.6. The molecule has 1 aliphatic rings. The highest BCUT2D eigenvalue weighted by Gasteiger charge is 2.22. The molecule has 3 atom stereocenters. The van der Waals surface area contributed by atoms with Gasteiger partial charge in [-0.05, 0) is 43.9 Å². The van der Waals surface area contributed by atoms with Crippen LogP contribution in [0.4, 0.5) is 0 Å². The fourth-order valence-corrected chi connectivity index (χ4v) is 2.97. The van der Waals surface area contributed by atoms with Gasteiger partial charge in [-0.2, -0.15) is 0 Å². The molecule has 0 saturated carbocycles. The molecule has 2 rings (SSSR count). The SMILES string of the molecule is CCNC(c1ccn(CC2CCC(C)O2)c1)C(C)C. The molecule has 3 nitrogen and oxygen atoms in total. The molecule has 1 aromatic heterocycles. The van der Waals surface area contributed by atoms with Gasteiger partial charge in [0.25, 0.3) is 0 Å². The third kappa shape index (κ3) is 3.83. The number of aromatic nitrogens is 1. The lowest BCUT2D eigenvalue weighted by Gasteiger charge is -2.20. The maximum absolute atomic E-state index is 5.89. The van der Waals surface area contributed by atoms with Crippen molar-refractivity contribution in [3.05, 3.63) is 24.0 Å². The number of hydrogen-bond acceptors (Lipinski definition) is 2. The third-order valence-corrected chi connectivity index (χ3v) is 3.96. The zero-order chi connectivity index (χ0) is 13.8. The van der Waals surface area contributed by atoms with Crippen LogP contribution in [0.25, 0.3) is 0 Å². The van der Waals surface area contributed by atoms with Crippen LogP contribution in [0.15, 0.2) is 18.5 Å². The number of ether oxygens (including phenoxy) is 1. The molecule has 0 aromatic carbocycles. The summed E-state index contributed by atoms with van der Waals surface area (Å²) in [6.45, 7) is 10.9. The summed E-state index contributed by atoms with van der Waals surface area (Å²) in [6, 6.07) is 2.70. The maximum atomic E-state index is 5.89. The van der Waals surface area contributed by atoms with E-state index in [1.807, 2.05) is 0 Å². The van der Waals surface area contributed by atoms with E-state index in [-0.39, 0.29) is 0 Å². The van der Waals surface area contributed by atoms with Crippen LogP contribution >= 0.6 is 0 Å². The van der Waals surface area contributed by atoms with E-state index in [9.17, 15) is 0 Å². The summed E-state index contributed by atoms with van der Waals surface area (Å²) in [4.78, 5) is 0. The molecule has 0 spiro atoms. The summed E-state index contributed by atoms with van der Waals surface area (Å²) in [5, 5.41) is 3.57. The second kappa shape index (κ2) is 6.58. The molecule has 3 heteroatoms. The number of nitrogens with zero attached hydrogens (tertiary/aromatic N) is 1. The second-order valence-electron chi connectivity index (χ2n) is 6.07. The van der Waals surface area contributed by atoms with Crippen LogP contribution in [-0.4, -0.2) is 23.3 Å². The van der Waals surface area contributed by atoms with E-state index in [1.54, 1.807) is 0 Å². The summed E-state index contributed by atoms with van der Waals surface area (Å²) in [6.07, 6.45) is 7.69. The summed E-state index contributed by atoms with van der Waals surface area (Å²) in [5.74, 6) is 0.610. The lowest BCUT2D eigenvalue weighted by Crippen LogP contribution is -2.25. The molecule has 19 heavy (non-hydrogen) atoms. The maximum Gasteiger partial charge on any atom is 0.0758 e. The predicted octanol–water partition coefficient (Wildman–Crippen LogP) is 3.36. The van der Waals surface area contributed by atoms with Crippen molar-refractivity contribution >= 4 is 0 Å². The first-order valence-electron chi connectivity index (χ1n) is 7.64. The van der Waals surface area contributed by atoms with Gasteiger partial charge in [0.1, 0.15) is 0 Å². The van der Waals surface area contributed by atoms with Gasteiger partial charge in [-0.1, -0.05) is 20.8 Å². The Morgan fingerprint density at radius 1 is 1.42 bits per heavy atom. The summed E-state index contributed by atoms with van der Waals surface area (Å²) in [5.41, 5.74) is 1.39. The minimum Gasteiger partial charge on any atom is -0.373 e. The zero-order valence-corrected chi connectivity index (χ0v) is 12.7. The van der Waals surface area contributed by atoms with Crippen molar-refractivity contribution in [2.24, 2.45) is 5.92 Å². The molecular formula is C16H28N2O. The monoisotopic (exact) mass is 264 g/mol. The zero-order valence-electron chi connectivity index (χ0n) is 12.7. The molecule has 108 valence electrons. The van der Waals surface area contributed by atoms with Crippen molar-refractivity contribution < 1.29 is 4.74 Å². The minimum absolute atomic E-state index is 0.395. The Kier molecular flexibility index (Phi) is 5.06. The van der Waals surface area contributed by atoms with Gasteiger partial charge in [0.05, 0.1) is 12.2 Å². The van der Waals surface area contributed by atoms with Crippen molar-refractivity contribution in [2.75, 3.05) is 6.54 Å². The highest BCUT2D eigenvalue weighted by molar-refractivity contribution is 5.16. The largest absolute Gasteiger partial charge is 0.373 e. The van der Waals surface area contributed by atoms with E-state index in [4.69, 9.17) is 4.74 Å². The Hall–Kier alpha value is -0.800. The average molecular weight is 264 g/mol.